The SMILES string of the molecule is CC(C)C1CCCCC1Nc1ncc(Cl)cc1Br. The van der Waals surface area contributed by atoms with Crippen LogP contribution in [-0.4, -0.2) is 11.0 Å². The smallest absolute Gasteiger partial charge is 0.140 e. The minimum Gasteiger partial charge on any atom is -0.366 e. The molecule has 2 atom stereocenters. The van der Waals surface area contributed by atoms with Crippen LogP contribution < -0.4 is 5.32 Å². The zero-order valence-corrected chi connectivity index (χ0v) is 13.3. The van der Waals surface area contributed by atoms with Crippen molar-refractivity contribution in [1.29, 1.82) is 0 Å². The van der Waals surface area contributed by atoms with Crippen molar-refractivity contribution in [2.45, 2.75) is 45.6 Å². The molecule has 1 aliphatic rings. The Bertz CT molecular complexity index is 409. The Labute approximate surface area is 123 Å². The average molecular weight is 332 g/mol. The van der Waals surface area contributed by atoms with Crippen molar-refractivity contribution in [2.24, 2.45) is 11.8 Å². The van der Waals surface area contributed by atoms with Crippen LogP contribution in [0.3, 0.4) is 0 Å². The van der Waals surface area contributed by atoms with Gasteiger partial charge in [0, 0.05) is 12.2 Å². The van der Waals surface area contributed by atoms with Gasteiger partial charge in [0.05, 0.1) is 9.50 Å². The van der Waals surface area contributed by atoms with Gasteiger partial charge in [-0.15, -0.1) is 0 Å². The molecule has 1 saturated carbocycles. The molecule has 2 unspecified atom stereocenters. The summed E-state index contributed by atoms with van der Waals surface area (Å²) in [5.74, 6) is 2.37. The zero-order chi connectivity index (χ0) is 13.1. The van der Waals surface area contributed by atoms with Gasteiger partial charge in [-0.2, -0.15) is 0 Å². The zero-order valence-electron chi connectivity index (χ0n) is 10.9. The van der Waals surface area contributed by atoms with Crippen molar-refractivity contribution in [3.63, 3.8) is 0 Å². The molecule has 2 rings (SSSR count). The standard InChI is InChI=1S/C14H20BrClN2/c1-9(2)11-5-3-4-6-13(11)18-14-12(15)7-10(16)8-17-14/h7-9,11,13H,3-6H2,1-2H3,(H,17,18). The number of nitrogens with one attached hydrogen (secondary N) is 1. The number of hydrogen-bond acceptors (Lipinski definition) is 2. The van der Waals surface area contributed by atoms with Crippen LogP contribution in [0.25, 0.3) is 0 Å². The van der Waals surface area contributed by atoms with E-state index in [0.29, 0.717) is 17.0 Å². The van der Waals surface area contributed by atoms with Crippen LogP contribution in [0.1, 0.15) is 39.5 Å². The van der Waals surface area contributed by atoms with Gasteiger partial charge in [0.1, 0.15) is 5.82 Å². The predicted octanol–water partition coefficient (Wildman–Crippen LogP) is 5.12. The third-order valence-corrected chi connectivity index (χ3v) is 4.62. The van der Waals surface area contributed by atoms with Gasteiger partial charge in [-0.25, -0.2) is 4.98 Å². The molecule has 1 N–H and O–H groups in total. The Balaban J connectivity index is 2.11. The number of nitrogens with zero attached hydrogens (tertiary/aromatic N) is 1. The second-order valence-electron chi connectivity index (χ2n) is 5.43. The normalized spacial score (nSPS) is 24.3. The summed E-state index contributed by atoms with van der Waals surface area (Å²) < 4.78 is 0.947. The van der Waals surface area contributed by atoms with Crippen LogP contribution >= 0.6 is 27.5 Å². The summed E-state index contributed by atoms with van der Waals surface area (Å²) in [5, 5.41) is 4.25. The second-order valence-corrected chi connectivity index (χ2v) is 6.72. The van der Waals surface area contributed by atoms with Crippen LogP contribution in [-0.2, 0) is 0 Å². The molecule has 0 bridgehead atoms. The van der Waals surface area contributed by atoms with E-state index in [1.54, 1.807) is 6.20 Å². The van der Waals surface area contributed by atoms with Crippen LogP contribution in [0.2, 0.25) is 5.02 Å². The molecule has 18 heavy (non-hydrogen) atoms. The van der Waals surface area contributed by atoms with Crippen LogP contribution in [0, 0.1) is 11.8 Å². The number of rotatable bonds is 3. The van der Waals surface area contributed by atoms with Crippen LogP contribution in [0.4, 0.5) is 5.82 Å². The number of hydrogen-bond donors (Lipinski definition) is 1. The first-order valence-corrected chi connectivity index (χ1v) is 7.82. The van der Waals surface area contributed by atoms with E-state index in [0.717, 1.165) is 16.2 Å². The summed E-state index contributed by atoms with van der Waals surface area (Å²) in [7, 11) is 0. The lowest BCUT2D eigenvalue weighted by Gasteiger charge is -2.35. The molecule has 0 spiro atoms. The van der Waals surface area contributed by atoms with E-state index in [1.165, 1.54) is 25.7 Å². The molecule has 1 aromatic rings. The van der Waals surface area contributed by atoms with Crippen molar-refractivity contribution < 1.29 is 0 Å². The minimum atomic E-state index is 0.531. The largest absolute Gasteiger partial charge is 0.366 e. The molecular formula is C14H20BrClN2. The summed E-state index contributed by atoms with van der Waals surface area (Å²) in [4.78, 5) is 4.38. The molecule has 0 saturated heterocycles. The van der Waals surface area contributed by atoms with Crippen molar-refractivity contribution in [1.82, 2.24) is 4.98 Å². The van der Waals surface area contributed by atoms with Gasteiger partial charge in [-0.3, -0.25) is 0 Å². The summed E-state index contributed by atoms with van der Waals surface area (Å²) in [6.07, 6.45) is 6.92. The van der Waals surface area contributed by atoms with Crippen molar-refractivity contribution in [3.05, 3.63) is 21.8 Å². The lowest BCUT2D eigenvalue weighted by Crippen LogP contribution is -2.35. The third-order valence-electron chi connectivity index (χ3n) is 3.81. The topological polar surface area (TPSA) is 24.9 Å². The van der Waals surface area contributed by atoms with E-state index in [9.17, 15) is 0 Å². The molecule has 4 heteroatoms. The Morgan fingerprint density at radius 2 is 2.11 bits per heavy atom. The quantitative estimate of drug-likeness (QED) is 0.831. The highest BCUT2D eigenvalue weighted by molar-refractivity contribution is 9.10. The summed E-state index contributed by atoms with van der Waals surface area (Å²) in [6.45, 7) is 4.63. The summed E-state index contributed by atoms with van der Waals surface area (Å²) in [5.41, 5.74) is 0. The average Bonchev–Trinajstić information content (AvgIpc) is 2.33. The van der Waals surface area contributed by atoms with E-state index < -0.39 is 0 Å². The first kappa shape index (κ1) is 14.1. The van der Waals surface area contributed by atoms with E-state index >= 15 is 0 Å². The predicted molar refractivity (Wildman–Crippen MR) is 81.2 cm³/mol. The molecule has 0 aliphatic heterocycles. The van der Waals surface area contributed by atoms with Crippen molar-refractivity contribution in [3.8, 4) is 0 Å². The first-order valence-electron chi connectivity index (χ1n) is 6.65. The lowest BCUT2D eigenvalue weighted by atomic mass is 9.78. The van der Waals surface area contributed by atoms with E-state index in [1.807, 2.05) is 6.07 Å². The molecule has 0 radical (unpaired) electrons. The van der Waals surface area contributed by atoms with Crippen LogP contribution in [0.5, 0.6) is 0 Å². The molecule has 0 amide bonds. The number of pyridine rings is 1. The fraction of sp³-hybridized carbons (Fsp3) is 0.643. The Morgan fingerprint density at radius 3 is 2.78 bits per heavy atom. The maximum atomic E-state index is 5.92. The number of halogens is 2. The van der Waals surface area contributed by atoms with E-state index in [4.69, 9.17) is 11.6 Å². The van der Waals surface area contributed by atoms with Gasteiger partial charge in [-0.1, -0.05) is 38.3 Å². The second kappa shape index (κ2) is 6.25. The Morgan fingerprint density at radius 1 is 1.39 bits per heavy atom. The third kappa shape index (κ3) is 3.39. The summed E-state index contributed by atoms with van der Waals surface area (Å²) in [6, 6.07) is 2.42. The van der Waals surface area contributed by atoms with Gasteiger partial charge >= 0.3 is 0 Å². The fourth-order valence-electron chi connectivity index (χ4n) is 2.83. The molecular weight excluding hydrogens is 312 g/mol. The first-order chi connectivity index (χ1) is 8.58. The highest BCUT2D eigenvalue weighted by Gasteiger charge is 2.27. The molecule has 1 heterocycles. The van der Waals surface area contributed by atoms with E-state index in [-0.39, 0.29) is 0 Å². The van der Waals surface area contributed by atoms with Gasteiger partial charge in [-0.05, 0) is 46.7 Å². The molecule has 1 aromatic heterocycles. The molecule has 1 aliphatic carbocycles. The van der Waals surface area contributed by atoms with Crippen molar-refractivity contribution in [2.75, 3.05) is 5.32 Å². The lowest BCUT2D eigenvalue weighted by molar-refractivity contribution is 0.253. The molecule has 1 fully saturated rings. The number of aromatic nitrogens is 1. The Kier molecular flexibility index (Phi) is 4.91. The van der Waals surface area contributed by atoms with Gasteiger partial charge < -0.3 is 5.32 Å². The highest BCUT2D eigenvalue weighted by Crippen LogP contribution is 2.33. The molecule has 2 nitrogen and oxygen atoms in total. The van der Waals surface area contributed by atoms with Crippen LogP contribution in [0.15, 0.2) is 16.7 Å². The van der Waals surface area contributed by atoms with Gasteiger partial charge in [0.25, 0.3) is 0 Å². The molecule has 0 aromatic carbocycles. The summed E-state index contributed by atoms with van der Waals surface area (Å²) >= 11 is 9.44. The maximum Gasteiger partial charge on any atom is 0.140 e. The van der Waals surface area contributed by atoms with E-state index in [2.05, 4.69) is 40.1 Å². The fourth-order valence-corrected chi connectivity index (χ4v) is 3.59. The maximum absolute atomic E-state index is 5.92. The van der Waals surface area contributed by atoms with Gasteiger partial charge in [0.15, 0.2) is 0 Å². The minimum absolute atomic E-state index is 0.531. The molecule has 100 valence electrons. The highest BCUT2D eigenvalue weighted by atomic mass is 79.9. The Hall–Kier alpha value is -0.280. The number of anilines is 1. The van der Waals surface area contributed by atoms with Crippen molar-refractivity contribution >= 4 is 33.3 Å². The van der Waals surface area contributed by atoms with Gasteiger partial charge in [0.2, 0.25) is 0 Å². The monoisotopic (exact) mass is 330 g/mol.